The number of hydrogen-bond acceptors (Lipinski definition) is 6. The fourth-order valence-corrected chi connectivity index (χ4v) is 3.17. The van der Waals surface area contributed by atoms with Crippen molar-refractivity contribution in [2.24, 2.45) is 19.1 Å². The summed E-state index contributed by atoms with van der Waals surface area (Å²) in [6.07, 6.45) is 0.875. The van der Waals surface area contributed by atoms with Gasteiger partial charge in [-0.2, -0.15) is 0 Å². The van der Waals surface area contributed by atoms with Crippen LogP contribution in [0.25, 0.3) is 0 Å². The smallest absolute Gasteiger partial charge is 0.333 e. The molecule has 0 fully saturated rings. The minimum Gasteiger partial charge on any atom is -0.494 e. The number of aromatic nitrogens is 2. The molecule has 1 N–H and O–H groups in total. The summed E-state index contributed by atoms with van der Waals surface area (Å²) in [5.74, 6) is 1.07. The molecule has 0 saturated heterocycles. The molecule has 0 bridgehead atoms. The summed E-state index contributed by atoms with van der Waals surface area (Å²) >= 11 is 1.37. The molecule has 2 aromatic rings. The molecule has 0 radical (unpaired) electrons. The quantitative estimate of drug-likeness (QED) is 0.617. The Morgan fingerprint density at radius 2 is 1.81 bits per heavy atom. The zero-order valence-corrected chi connectivity index (χ0v) is 16.2. The summed E-state index contributed by atoms with van der Waals surface area (Å²) in [5.41, 5.74) is -0.500. The van der Waals surface area contributed by atoms with Gasteiger partial charge in [0.1, 0.15) is 16.4 Å². The van der Waals surface area contributed by atoms with Crippen molar-refractivity contribution in [2.75, 3.05) is 12.4 Å². The molecule has 1 heterocycles. The molecule has 0 unspecified atom stereocenters. The average molecular weight is 377 g/mol. The summed E-state index contributed by atoms with van der Waals surface area (Å²) in [5, 5.41) is 10.8. The number of rotatable bonds is 6. The Bertz CT molecular complexity index is 914. The minimum atomic E-state index is -0.586. The molecule has 0 spiro atoms. The van der Waals surface area contributed by atoms with Gasteiger partial charge in [0.15, 0.2) is 0 Å². The summed E-state index contributed by atoms with van der Waals surface area (Å²) in [6, 6.07) is 7.15. The zero-order valence-electron chi connectivity index (χ0n) is 15.4. The van der Waals surface area contributed by atoms with Gasteiger partial charge in [-0.3, -0.25) is 13.9 Å². The number of thioether (sulfide) groups is 1. The lowest BCUT2D eigenvalue weighted by molar-refractivity contribution is 0.340. The van der Waals surface area contributed by atoms with E-state index in [0.717, 1.165) is 27.1 Å². The second kappa shape index (κ2) is 8.75. The number of aliphatic imine (C=N–C) groups is 1. The van der Waals surface area contributed by atoms with Crippen molar-refractivity contribution >= 4 is 22.5 Å². The molecule has 0 aliphatic rings. The van der Waals surface area contributed by atoms with Crippen molar-refractivity contribution in [3.05, 3.63) is 50.7 Å². The predicted octanol–water partition coefficient (Wildman–Crippen LogP) is 2.41. The Hall–Kier alpha value is -2.48. The van der Waals surface area contributed by atoms with E-state index >= 15 is 0 Å². The Balaban J connectivity index is 2.58. The molecule has 0 amide bonds. The maximum absolute atomic E-state index is 12.6. The third-order valence-corrected chi connectivity index (χ3v) is 4.85. The maximum atomic E-state index is 12.6. The Morgan fingerprint density at radius 3 is 2.38 bits per heavy atom. The molecule has 2 rings (SSSR count). The van der Waals surface area contributed by atoms with Crippen LogP contribution in [0, 0.1) is 0 Å². The lowest BCUT2D eigenvalue weighted by Gasteiger charge is -2.12. The predicted molar refractivity (Wildman–Crippen MR) is 105 cm³/mol. The molecule has 140 valence electrons. The van der Waals surface area contributed by atoms with Crippen LogP contribution in [0.2, 0.25) is 0 Å². The number of benzene rings is 1. The fourth-order valence-electron chi connectivity index (χ4n) is 2.28. The van der Waals surface area contributed by atoms with Crippen molar-refractivity contribution in [1.29, 1.82) is 0 Å². The first-order valence-electron chi connectivity index (χ1n) is 8.34. The maximum Gasteiger partial charge on any atom is 0.333 e. The standard InChI is InChI=1S/C18H23N3O4S/c1-5-11-26-15(19-12-7-9-13(10-8-12)25-6-2)14-16(22)20(3)18(24)21(4)17(14)23/h7-10,22H,5-6,11H2,1-4H3. The molecule has 0 aliphatic carbocycles. The highest BCUT2D eigenvalue weighted by atomic mass is 32.2. The molecule has 0 atom stereocenters. The summed E-state index contributed by atoms with van der Waals surface area (Å²) in [4.78, 5) is 29.1. The van der Waals surface area contributed by atoms with E-state index in [0.29, 0.717) is 17.3 Å². The third-order valence-electron chi connectivity index (χ3n) is 3.67. The summed E-state index contributed by atoms with van der Waals surface area (Å²) < 4.78 is 7.42. The van der Waals surface area contributed by atoms with Gasteiger partial charge in [0.05, 0.1) is 12.3 Å². The lowest BCUT2D eigenvalue weighted by atomic mass is 10.3. The molecule has 1 aromatic heterocycles. The van der Waals surface area contributed by atoms with Crippen LogP contribution in [0.5, 0.6) is 11.6 Å². The SMILES string of the molecule is CCCSC(=Nc1ccc(OCC)cc1)c1c(O)n(C)c(=O)n(C)c1=O. The first kappa shape index (κ1) is 19.8. The molecule has 0 saturated carbocycles. The van der Waals surface area contributed by atoms with E-state index in [1.807, 2.05) is 13.8 Å². The Kier molecular flexibility index (Phi) is 6.68. The van der Waals surface area contributed by atoms with Gasteiger partial charge in [-0.25, -0.2) is 9.79 Å². The number of aromatic hydroxyl groups is 1. The first-order valence-corrected chi connectivity index (χ1v) is 9.32. The number of ether oxygens (including phenoxy) is 1. The van der Waals surface area contributed by atoms with Crippen LogP contribution < -0.4 is 16.0 Å². The minimum absolute atomic E-state index is 0.0296. The van der Waals surface area contributed by atoms with E-state index in [1.165, 1.54) is 25.9 Å². The highest BCUT2D eigenvalue weighted by Crippen LogP contribution is 2.25. The normalized spacial score (nSPS) is 11.6. The van der Waals surface area contributed by atoms with Crippen LogP contribution in [0.3, 0.4) is 0 Å². The number of nitrogens with zero attached hydrogens (tertiary/aromatic N) is 3. The third kappa shape index (κ3) is 4.19. The van der Waals surface area contributed by atoms with Gasteiger partial charge < -0.3 is 9.84 Å². The van der Waals surface area contributed by atoms with Crippen LogP contribution >= 0.6 is 11.8 Å². The molecule has 26 heavy (non-hydrogen) atoms. The molecule has 7 nitrogen and oxygen atoms in total. The average Bonchev–Trinajstić information content (AvgIpc) is 2.64. The molecule has 0 aliphatic heterocycles. The lowest BCUT2D eigenvalue weighted by Crippen LogP contribution is -2.39. The van der Waals surface area contributed by atoms with Gasteiger partial charge in [0.2, 0.25) is 5.88 Å². The fraction of sp³-hybridized carbons (Fsp3) is 0.389. The van der Waals surface area contributed by atoms with Crippen molar-refractivity contribution in [2.45, 2.75) is 20.3 Å². The first-order chi connectivity index (χ1) is 12.4. The monoisotopic (exact) mass is 377 g/mol. The summed E-state index contributed by atoms with van der Waals surface area (Å²) in [7, 11) is 2.80. The number of hydrogen-bond donors (Lipinski definition) is 1. The van der Waals surface area contributed by atoms with Crippen molar-refractivity contribution in [3.8, 4) is 11.6 Å². The van der Waals surface area contributed by atoms with Gasteiger partial charge in [0, 0.05) is 14.1 Å². The summed E-state index contributed by atoms with van der Waals surface area (Å²) in [6.45, 7) is 4.49. The van der Waals surface area contributed by atoms with Crippen LogP contribution in [0.1, 0.15) is 25.8 Å². The Morgan fingerprint density at radius 1 is 1.15 bits per heavy atom. The van der Waals surface area contributed by atoms with Gasteiger partial charge in [0.25, 0.3) is 5.56 Å². The van der Waals surface area contributed by atoms with E-state index in [4.69, 9.17) is 4.74 Å². The molecular weight excluding hydrogens is 354 g/mol. The van der Waals surface area contributed by atoms with Gasteiger partial charge >= 0.3 is 5.69 Å². The molecule has 8 heteroatoms. The van der Waals surface area contributed by atoms with Crippen LogP contribution in [0.15, 0.2) is 38.8 Å². The van der Waals surface area contributed by atoms with Crippen molar-refractivity contribution < 1.29 is 9.84 Å². The largest absolute Gasteiger partial charge is 0.494 e. The van der Waals surface area contributed by atoms with Crippen LogP contribution in [0.4, 0.5) is 5.69 Å². The van der Waals surface area contributed by atoms with Crippen molar-refractivity contribution in [1.82, 2.24) is 9.13 Å². The van der Waals surface area contributed by atoms with Crippen LogP contribution in [-0.2, 0) is 14.1 Å². The van der Waals surface area contributed by atoms with E-state index in [-0.39, 0.29) is 11.4 Å². The highest BCUT2D eigenvalue weighted by Gasteiger charge is 2.20. The Labute approximate surface area is 156 Å². The van der Waals surface area contributed by atoms with E-state index in [9.17, 15) is 14.7 Å². The topological polar surface area (TPSA) is 85.8 Å². The highest BCUT2D eigenvalue weighted by molar-refractivity contribution is 8.14. The molecular formula is C18H23N3O4S. The second-order valence-corrected chi connectivity index (χ2v) is 6.68. The van der Waals surface area contributed by atoms with E-state index in [1.54, 1.807) is 24.3 Å². The van der Waals surface area contributed by atoms with E-state index in [2.05, 4.69) is 4.99 Å². The van der Waals surface area contributed by atoms with E-state index < -0.39 is 11.2 Å². The van der Waals surface area contributed by atoms with Gasteiger partial charge in [-0.1, -0.05) is 6.92 Å². The van der Waals surface area contributed by atoms with Crippen LogP contribution in [-0.4, -0.2) is 31.6 Å². The molecule has 1 aromatic carbocycles. The van der Waals surface area contributed by atoms with Gasteiger partial charge in [-0.05, 0) is 43.4 Å². The zero-order chi connectivity index (χ0) is 19.3. The van der Waals surface area contributed by atoms with Crippen molar-refractivity contribution in [3.63, 3.8) is 0 Å². The second-order valence-electron chi connectivity index (χ2n) is 5.60. The van der Waals surface area contributed by atoms with Gasteiger partial charge in [-0.15, -0.1) is 11.8 Å².